The van der Waals surface area contributed by atoms with Gasteiger partial charge in [0.05, 0.1) is 0 Å². The summed E-state index contributed by atoms with van der Waals surface area (Å²) in [6, 6.07) is 8.69. The van der Waals surface area contributed by atoms with Gasteiger partial charge in [-0.1, -0.05) is 18.2 Å². The first-order chi connectivity index (χ1) is 9.37. The predicted molar refractivity (Wildman–Crippen MR) is 67.4 cm³/mol. The van der Waals surface area contributed by atoms with Crippen LogP contribution < -0.4 is 10.5 Å². The zero-order valence-corrected chi connectivity index (χ0v) is 10.1. The summed E-state index contributed by atoms with van der Waals surface area (Å²) in [5, 5.41) is 7.30. The molecule has 0 aliphatic rings. The van der Waals surface area contributed by atoms with Gasteiger partial charge in [-0.3, -0.25) is 10.4 Å². The molecule has 0 aliphatic carbocycles. The van der Waals surface area contributed by atoms with E-state index in [1.807, 2.05) is 0 Å². The van der Waals surface area contributed by atoms with Crippen LogP contribution in [0.5, 0.6) is 5.75 Å². The molecule has 0 spiro atoms. The SMILES string of the molecule is N=C(N)c1cc(-c2ccccc2OC(F)(F)F)ccn1. The van der Waals surface area contributed by atoms with E-state index >= 15 is 0 Å². The van der Waals surface area contributed by atoms with Crippen molar-refractivity contribution in [1.29, 1.82) is 5.41 Å². The minimum absolute atomic E-state index is 0.185. The second kappa shape index (κ2) is 5.20. The molecule has 0 aliphatic heterocycles. The molecule has 0 bridgehead atoms. The Hall–Kier alpha value is -2.57. The highest BCUT2D eigenvalue weighted by Crippen LogP contribution is 2.33. The van der Waals surface area contributed by atoms with Crippen LogP contribution in [-0.4, -0.2) is 17.2 Å². The Morgan fingerprint density at radius 2 is 1.90 bits per heavy atom. The van der Waals surface area contributed by atoms with Gasteiger partial charge in [-0.25, -0.2) is 0 Å². The lowest BCUT2D eigenvalue weighted by Gasteiger charge is -2.13. The number of nitrogens with zero attached hydrogens (tertiary/aromatic N) is 1. The fourth-order valence-electron chi connectivity index (χ4n) is 1.66. The third kappa shape index (κ3) is 3.25. The second-order valence-electron chi connectivity index (χ2n) is 3.89. The molecule has 0 amide bonds. The topological polar surface area (TPSA) is 72.0 Å². The molecule has 104 valence electrons. The number of ether oxygens (including phenoxy) is 1. The van der Waals surface area contributed by atoms with Crippen LogP contribution in [0.1, 0.15) is 5.69 Å². The molecule has 2 aromatic rings. The van der Waals surface area contributed by atoms with Gasteiger partial charge in [-0.15, -0.1) is 13.2 Å². The minimum Gasteiger partial charge on any atom is -0.405 e. The summed E-state index contributed by atoms with van der Waals surface area (Å²) in [6.07, 6.45) is -3.40. The molecule has 0 unspecified atom stereocenters. The van der Waals surface area contributed by atoms with Crippen LogP contribution >= 0.6 is 0 Å². The maximum atomic E-state index is 12.4. The number of amidine groups is 1. The van der Waals surface area contributed by atoms with Gasteiger partial charge in [0.15, 0.2) is 0 Å². The van der Waals surface area contributed by atoms with Crippen molar-refractivity contribution in [2.24, 2.45) is 5.73 Å². The largest absolute Gasteiger partial charge is 0.573 e. The van der Waals surface area contributed by atoms with E-state index in [9.17, 15) is 13.2 Å². The zero-order valence-electron chi connectivity index (χ0n) is 10.1. The van der Waals surface area contributed by atoms with E-state index in [1.54, 1.807) is 6.07 Å². The Morgan fingerprint density at radius 1 is 1.20 bits per heavy atom. The number of hydrogen-bond donors (Lipinski definition) is 2. The lowest BCUT2D eigenvalue weighted by atomic mass is 10.0. The Balaban J connectivity index is 2.47. The molecule has 0 fully saturated rings. The maximum Gasteiger partial charge on any atom is 0.573 e. The minimum atomic E-state index is -4.77. The second-order valence-corrected chi connectivity index (χ2v) is 3.89. The number of pyridine rings is 1. The first kappa shape index (κ1) is 13.9. The summed E-state index contributed by atoms with van der Waals surface area (Å²) in [6.45, 7) is 0. The molecule has 1 aromatic carbocycles. The van der Waals surface area contributed by atoms with Crippen molar-refractivity contribution in [1.82, 2.24) is 4.98 Å². The summed E-state index contributed by atoms with van der Waals surface area (Å²) in [5.74, 6) is -0.582. The highest BCUT2D eigenvalue weighted by atomic mass is 19.4. The highest BCUT2D eigenvalue weighted by Gasteiger charge is 2.32. The molecule has 7 heteroatoms. The molecule has 0 saturated carbocycles. The number of nitrogens with two attached hydrogens (primary N) is 1. The third-order valence-corrected chi connectivity index (χ3v) is 2.46. The summed E-state index contributed by atoms with van der Waals surface area (Å²) in [5.41, 5.74) is 6.17. The molecule has 2 rings (SSSR count). The number of nitrogen functional groups attached to an aromatic ring is 1. The van der Waals surface area contributed by atoms with Crippen molar-refractivity contribution in [3.8, 4) is 16.9 Å². The summed E-state index contributed by atoms with van der Waals surface area (Å²) < 4.78 is 41.0. The lowest BCUT2D eigenvalue weighted by molar-refractivity contribution is -0.274. The molecule has 0 saturated heterocycles. The van der Waals surface area contributed by atoms with Crippen LogP contribution in [0.4, 0.5) is 13.2 Å². The normalized spacial score (nSPS) is 11.2. The van der Waals surface area contributed by atoms with Crippen molar-refractivity contribution in [3.05, 3.63) is 48.3 Å². The van der Waals surface area contributed by atoms with Gasteiger partial charge in [0, 0.05) is 11.8 Å². The van der Waals surface area contributed by atoms with Gasteiger partial charge in [0.1, 0.15) is 17.3 Å². The van der Waals surface area contributed by atoms with Crippen LogP contribution in [0.3, 0.4) is 0 Å². The Bertz CT molecular complexity index is 641. The smallest absolute Gasteiger partial charge is 0.405 e. The van der Waals surface area contributed by atoms with Crippen molar-refractivity contribution in [2.75, 3.05) is 0 Å². The average molecular weight is 281 g/mol. The van der Waals surface area contributed by atoms with Crippen LogP contribution in [0.15, 0.2) is 42.6 Å². The molecule has 3 N–H and O–H groups in total. The van der Waals surface area contributed by atoms with Gasteiger partial charge in [0.25, 0.3) is 0 Å². The fraction of sp³-hybridized carbons (Fsp3) is 0.0769. The van der Waals surface area contributed by atoms with Crippen molar-refractivity contribution in [2.45, 2.75) is 6.36 Å². The summed E-state index contributed by atoms with van der Waals surface area (Å²) >= 11 is 0. The molecule has 0 atom stereocenters. The number of para-hydroxylation sites is 1. The van der Waals surface area contributed by atoms with E-state index in [2.05, 4.69) is 9.72 Å². The summed E-state index contributed by atoms with van der Waals surface area (Å²) in [7, 11) is 0. The fourth-order valence-corrected chi connectivity index (χ4v) is 1.66. The highest BCUT2D eigenvalue weighted by molar-refractivity contribution is 5.94. The Morgan fingerprint density at radius 3 is 2.55 bits per heavy atom. The van der Waals surface area contributed by atoms with Crippen molar-refractivity contribution in [3.63, 3.8) is 0 Å². The molecule has 1 aromatic heterocycles. The Kier molecular flexibility index (Phi) is 3.60. The van der Waals surface area contributed by atoms with Crippen molar-refractivity contribution >= 4 is 5.84 Å². The molecular weight excluding hydrogens is 271 g/mol. The number of aromatic nitrogens is 1. The standard InChI is InChI=1S/C13H10F3N3O/c14-13(15,16)20-11-4-2-1-3-9(11)8-5-6-19-10(7-8)12(17)18/h1-7H,(H3,17,18). The zero-order chi connectivity index (χ0) is 14.8. The lowest BCUT2D eigenvalue weighted by Crippen LogP contribution is -2.17. The predicted octanol–water partition coefficient (Wildman–Crippen LogP) is 2.93. The molecule has 1 heterocycles. The van der Waals surface area contributed by atoms with E-state index < -0.39 is 6.36 Å². The van der Waals surface area contributed by atoms with Gasteiger partial charge in [-0.05, 0) is 23.8 Å². The first-order valence-corrected chi connectivity index (χ1v) is 5.52. The monoisotopic (exact) mass is 281 g/mol. The number of benzene rings is 1. The number of rotatable bonds is 3. The van der Waals surface area contributed by atoms with Crippen LogP contribution in [-0.2, 0) is 0 Å². The van der Waals surface area contributed by atoms with E-state index in [0.717, 1.165) is 0 Å². The van der Waals surface area contributed by atoms with Crippen molar-refractivity contribution < 1.29 is 17.9 Å². The van der Waals surface area contributed by atoms with Gasteiger partial charge >= 0.3 is 6.36 Å². The van der Waals surface area contributed by atoms with Gasteiger partial charge < -0.3 is 10.5 Å². The van der Waals surface area contributed by atoms with E-state index in [4.69, 9.17) is 11.1 Å². The van der Waals surface area contributed by atoms with Gasteiger partial charge in [-0.2, -0.15) is 0 Å². The quantitative estimate of drug-likeness (QED) is 0.671. The maximum absolute atomic E-state index is 12.4. The van der Waals surface area contributed by atoms with Crippen LogP contribution in [0.2, 0.25) is 0 Å². The Labute approximate surface area is 112 Å². The number of alkyl halides is 3. The van der Waals surface area contributed by atoms with Crippen LogP contribution in [0, 0.1) is 5.41 Å². The number of nitrogens with one attached hydrogen (secondary N) is 1. The number of hydrogen-bond acceptors (Lipinski definition) is 3. The molecule has 4 nitrogen and oxygen atoms in total. The average Bonchev–Trinajstić information content (AvgIpc) is 2.37. The van der Waals surface area contributed by atoms with Gasteiger partial charge in [0.2, 0.25) is 0 Å². The third-order valence-electron chi connectivity index (χ3n) is 2.46. The van der Waals surface area contributed by atoms with Crippen LogP contribution in [0.25, 0.3) is 11.1 Å². The summed E-state index contributed by atoms with van der Waals surface area (Å²) in [4.78, 5) is 3.86. The van der Waals surface area contributed by atoms with E-state index in [-0.39, 0.29) is 22.8 Å². The van der Waals surface area contributed by atoms with E-state index in [0.29, 0.717) is 5.56 Å². The molecule has 20 heavy (non-hydrogen) atoms. The molecule has 0 radical (unpaired) electrons. The van der Waals surface area contributed by atoms with E-state index in [1.165, 1.54) is 36.5 Å². The number of halogens is 3. The first-order valence-electron chi connectivity index (χ1n) is 5.52. The molecular formula is C13H10F3N3O.